The Kier molecular flexibility index (Phi) is 5.04. The van der Waals surface area contributed by atoms with E-state index in [1.807, 2.05) is 4.90 Å². The number of hydrogen-bond donors (Lipinski definition) is 1. The number of likely N-dealkylation sites (tertiary alicyclic amines) is 1. The second kappa shape index (κ2) is 7.05. The molecule has 1 N–H and O–H groups in total. The van der Waals surface area contributed by atoms with E-state index in [4.69, 9.17) is 4.98 Å². The number of rotatable bonds is 4. The summed E-state index contributed by atoms with van der Waals surface area (Å²) < 4.78 is 0. The van der Waals surface area contributed by atoms with Crippen molar-refractivity contribution < 1.29 is 4.79 Å². The van der Waals surface area contributed by atoms with Crippen LogP contribution in [0.15, 0.2) is 11.6 Å². The van der Waals surface area contributed by atoms with Gasteiger partial charge >= 0.3 is 0 Å². The summed E-state index contributed by atoms with van der Waals surface area (Å²) in [7, 11) is 0. The van der Waals surface area contributed by atoms with Crippen LogP contribution in [0.25, 0.3) is 0 Å². The number of nitrogens with one attached hydrogen (secondary N) is 1. The maximum absolute atomic E-state index is 12.8. The van der Waals surface area contributed by atoms with E-state index in [0.717, 1.165) is 37.4 Å². The first kappa shape index (κ1) is 17.1. The Labute approximate surface area is 147 Å². The first-order chi connectivity index (χ1) is 11.5. The fraction of sp³-hybridized carbons (Fsp3) is 0.611. The lowest BCUT2D eigenvalue weighted by molar-refractivity contribution is 0.0701. The highest BCUT2D eigenvalue weighted by Gasteiger charge is 2.28. The van der Waals surface area contributed by atoms with Crippen LogP contribution in [0.5, 0.6) is 0 Å². The van der Waals surface area contributed by atoms with Crippen LogP contribution in [0.1, 0.15) is 85.3 Å². The summed E-state index contributed by atoms with van der Waals surface area (Å²) in [5.74, 6) is 2.03. The summed E-state index contributed by atoms with van der Waals surface area (Å²) >= 11 is 1.73. The summed E-state index contributed by atoms with van der Waals surface area (Å²) in [5.41, 5.74) is 1.76. The molecule has 1 aliphatic heterocycles. The molecule has 1 fully saturated rings. The van der Waals surface area contributed by atoms with E-state index in [1.165, 1.54) is 5.01 Å². The molecule has 0 aromatic carbocycles. The molecular weight excluding hydrogens is 320 g/mol. The average Bonchev–Trinajstić information content (AvgIpc) is 3.24. The molecule has 3 rings (SSSR count). The molecule has 1 aliphatic rings. The molecule has 3 heterocycles. The van der Waals surface area contributed by atoms with E-state index in [-0.39, 0.29) is 5.91 Å². The van der Waals surface area contributed by atoms with Crippen LogP contribution in [0, 0.1) is 0 Å². The summed E-state index contributed by atoms with van der Waals surface area (Å²) in [4.78, 5) is 27.0. The number of carbonyl (C=O) groups excluding carboxylic acids is 1. The monoisotopic (exact) mass is 346 g/mol. The standard InChI is InChI=1S/C18H26N4OS/c1-11(2)15-10-24-17(21-15)13-6-5-7-22(9-13)18(23)14-8-19-16(20-14)12(3)4/h8,10-13H,5-7,9H2,1-4H3,(H,19,20)/t13-/m0/s1. The lowest BCUT2D eigenvalue weighted by Crippen LogP contribution is -2.39. The van der Waals surface area contributed by atoms with Crippen molar-refractivity contribution >= 4 is 17.2 Å². The lowest BCUT2D eigenvalue weighted by atomic mass is 9.98. The van der Waals surface area contributed by atoms with Gasteiger partial charge in [0.05, 0.1) is 16.9 Å². The molecule has 0 aliphatic carbocycles. The second-order valence-corrected chi connectivity index (χ2v) is 8.08. The molecule has 5 nitrogen and oxygen atoms in total. The van der Waals surface area contributed by atoms with Gasteiger partial charge in [0, 0.05) is 30.3 Å². The van der Waals surface area contributed by atoms with Gasteiger partial charge < -0.3 is 9.88 Å². The van der Waals surface area contributed by atoms with E-state index < -0.39 is 0 Å². The number of carbonyl (C=O) groups is 1. The van der Waals surface area contributed by atoms with Gasteiger partial charge in [-0.2, -0.15) is 0 Å². The third kappa shape index (κ3) is 3.53. The first-order valence-electron chi connectivity index (χ1n) is 8.75. The lowest BCUT2D eigenvalue weighted by Gasteiger charge is -2.31. The molecule has 0 unspecified atom stereocenters. The van der Waals surface area contributed by atoms with Crippen molar-refractivity contribution in [2.24, 2.45) is 0 Å². The third-order valence-electron chi connectivity index (χ3n) is 4.56. The molecule has 1 amide bonds. The SMILES string of the molecule is CC(C)c1csc([C@H]2CCCN(C(=O)c3cnc(C(C)C)[nH]3)C2)n1. The van der Waals surface area contributed by atoms with E-state index in [0.29, 0.717) is 23.4 Å². The summed E-state index contributed by atoms with van der Waals surface area (Å²) in [5, 5.41) is 3.33. The minimum atomic E-state index is 0.0553. The molecule has 0 radical (unpaired) electrons. The van der Waals surface area contributed by atoms with Crippen LogP contribution >= 0.6 is 11.3 Å². The smallest absolute Gasteiger partial charge is 0.271 e. The van der Waals surface area contributed by atoms with E-state index in [2.05, 4.69) is 43.0 Å². The molecule has 0 spiro atoms. The van der Waals surface area contributed by atoms with Crippen LogP contribution in [-0.2, 0) is 0 Å². The van der Waals surface area contributed by atoms with Crippen LogP contribution in [0.2, 0.25) is 0 Å². The van der Waals surface area contributed by atoms with Gasteiger partial charge in [0.25, 0.3) is 5.91 Å². The number of piperidine rings is 1. The van der Waals surface area contributed by atoms with Crippen molar-refractivity contribution in [2.45, 2.75) is 58.3 Å². The molecule has 2 aromatic rings. The van der Waals surface area contributed by atoms with Crippen molar-refractivity contribution in [1.29, 1.82) is 0 Å². The van der Waals surface area contributed by atoms with Crippen LogP contribution in [-0.4, -0.2) is 38.8 Å². The Balaban J connectivity index is 1.71. The fourth-order valence-corrected chi connectivity index (χ4v) is 4.13. The molecule has 2 aromatic heterocycles. The minimum Gasteiger partial charge on any atom is -0.338 e. The predicted molar refractivity (Wildman–Crippen MR) is 96.8 cm³/mol. The number of imidazole rings is 1. The number of thiazole rings is 1. The second-order valence-electron chi connectivity index (χ2n) is 7.19. The molecule has 0 saturated carbocycles. The molecule has 1 saturated heterocycles. The van der Waals surface area contributed by atoms with Gasteiger partial charge in [-0.05, 0) is 18.8 Å². The van der Waals surface area contributed by atoms with Crippen molar-refractivity contribution in [2.75, 3.05) is 13.1 Å². The topological polar surface area (TPSA) is 61.9 Å². The molecule has 6 heteroatoms. The number of aromatic amines is 1. The zero-order chi connectivity index (χ0) is 17.3. The largest absolute Gasteiger partial charge is 0.338 e. The van der Waals surface area contributed by atoms with Gasteiger partial charge in [-0.3, -0.25) is 4.79 Å². The van der Waals surface area contributed by atoms with Crippen molar-refractivity contribution in [3.8, 4) is 0 Å². The van der Waals surface area contributed by atoms with E-state index in [9.17, 15) is 4.79 Å². The number of aromatic nitrogens is 3. The first-order valence-corrected chi connectivity index (χ1v) is 9.63. The zero-order valence-electron chi connectivity index (χ0n) is 14.9. The van der Waals surface area contributed by atoms with E-state index >= 15 is 0 Å². The highest BCUT2D eigenvalue weighted by Crippen LogP contribution is 2.31. The zero-order valence-corrected chi connectivity index (χ0v) is 15.7. The number of nitrogens with zero attached hydrogens (tertiary/aromatic N) is 3. The van der Waals surface area contributed by atoms with Crippen LogP contribution in [0.3, 0.4) is 0 Å². The Morgan fingerprint density at radius 2 is 2.12 bits per heavy atom. The van der Waals surface area contributed by atoms with Gasteiger partial charge in [-0.15, -0.1) is 11.3 Å². The number of amides is 1. The van der Waals surface area contributed by atoms with Crippen molar-refractivity contribution in [1.82, 2.24) is 19.9 Å². The molecule has 130 valence electrons. The summed E-state index contributed by atoms with van der Waals surface area (Å²) in [6.07, 6.45) is 3.80. The Morgan fingerprint density at radius 3 is 2.75 bits per heavy atom. The highest BCUT2D eigenvalue weighted by molar-refractivity contribution is 7.09. The van der Waals surface area contributed by atoms with Crippen LogP contribution in [0.4, 0.5) is 0 Å². The van der Waals surface area contributed by atoms with Gasteiger partial charge in [0.15, 0.2) is 0 Å². The highest BCUT2D eigenvalue weighted by atomic mass is 32.1. The average molecular weight is 347 g/mol. The predicted octanol–water partition coefficient (Wildman–Crippen LogP) is 4.13. The van der Waals surface area contributed by atoms with Crippen molar-refractivity contribution in [3.05, 3.63) is 33.8 Å². The van der Waals surface area contributed by atoms with E-state index in [1.54, 1.807) is 17.5 Å². The fourth-order valence-electron chi connectivity index (χ4n) is 3.03. The number of H-pyrrole nitrogens is 1. The van der Waals surface area contributed by atoms with Gasteiger partial charge in [-0.25, -0.2) is 9.97 Å². The summed E-state index contributed by atoms with van der Waals surface area (Å²) in [6.45, 7) is 10.0. The molecular formula is C18H26N4OS. The van der Waals surface area contributed by atoms with Gasteiger partial charge in [0.2, 0.25) is 0 Å². The maximum atomic E-state index is 12.8. The normalized spacial score (nSPS) is 18.6. The molecule has 24 heavy (non-hydrogen) atoms. The Hall–Kier alpha value is -1.69. The molecule has 1 atom stereocenters. The summed E-state index contributed by atoms with van der Waals surface area (Å²) in [6, 6.07) is 0. The third-order valence-corrected chi connectivity index (χ3v) is 5.59. The number of hydrogen-bond acceptors (Lipinski definition) is 4. The quantitative estimate of drug-likeness (QED) is 0.905. The van der Waals surface area contributed by atoms with Crippen LogP contribution < -0.4 is 0 Å². The molecule has 0 bridgehead atoms. The van der Waals surface area contributed by atoms with Crippen molar-refractivity contribution in [3.63, 3.8) is 0 Å². The van der Waals surface area contributed by atoms with Gasteiger partial charge in [0.1, 0.15) is 11.5 Å². The Morgan fingerprint density at radius 1 is 1.33 bits per heavy atom. The Bertz CT molecular complexity index is 703. The maximum Gasteiger partial charge on any atom is 0.271 e. The minimum absolute atomic E-state index is 0.0553. The van der Waals surface area contributed by atoms with Gasteiger partial charge in [-0.1, -0.05) is 27.7 Å².